The van der Waals surface area contributed by atoms with Gasteiger partial charge in [0.05, 0.1) is 58.1 Å². The van der Waals surface area contributed by atoms with E-state index in [1.165, 1.54) is 68.5 Å². The number of esters is 1. The van der Waals surface area contributed by atoms with Crippen LogP contribution in [0.2, 0.25) is 20.1 Å². The zero-order valence-electron chi connectivity index (χ0n) is 74.3. The lowest BCUT2D eigenvalue weighted by Gasteiger charge is -2.16. The van der Waals surface area contributed by atoms with Gasteiger partial charge in [0, 0.05) is 75.1 Å². The van der Waals surface area contributed by atoms with Gasteiger partial charge < -0.3 is 60.2 Å². The maximum Gasteiger partial charge on any atom is 0.363 e. The normalized spacial score (nSPS) is 10.7. The Balaban J connectivity index is 0.000000157. The number of pyridine rings is 2. The zero-order chi connectivity index (χ0) is 99.6. The minimum atomic E-state index is -1.07. The number of aromatic nitrogens is 17. The second-order valence-electron chi connectivity index (χ2n) is 29.4. The van der Waals surface area contributed by atoms with Gasteiger partial charge in [-0.1, -0.05) is 113 Å². The van der Waals surface area contributed by atoms with Crippen LogP contribution in [0.4, 0.5) is 52.4 Å². The van der Waals surface area contributed by atoms with Crippen LogP contribution in [0.1, 0.15) is 82.2 Å². The summed E-state index contributed by atoms with van der Waals surface area (Å²) < 4.78 is 37.1. The summed E-state index contributed by atoms with van der Waals surface area (Å²) in [5.74, 6) is 1.36. The molecule has 8 aromatic carbocycles. The number of hydrogen-bond donors (Lipinski definition) is 5. The number of hydrogen-bond acceptors (Lipinski definition) is 32. The molecule has 0 aliphatic heterocycles. The summed E-state index contributed by atoms with van der Waals surface area (Å²) in [6.07, 6.45) is 7.13. The molecule has 16 rings (SSSR count). The molecular formula is C94H79Cl4N23O18S. The Labute approximate surface area is 815 Å². The number of methoxy groups -OCH3 is 1. The molecule has 0 spiro atoms. The number of nitriles is 1. The average Bonchev–Trinajstić information content (AvgIpc) is 0.864. The maximum absolute atomic E-state index is 13.1. The van der Waals surface area contributed by atoms with Crippen LogP contribution in [0.15, 0.2) is 288 Å². The van der Waals surface area contributed by atoms with Crippen molar-refractivity contribution in [2.75, 3.05) is 28.4 Å². The fourth-order valence-electron chi connectivity index (χ4n) is 12.9. The molecule has 0 aliphatic rings. The highest BCUT2D eigenvalue weighted by atomic mass is 35.5. The van der Waals surface area contributed by atoms with Gasteiger partial charge in [0.1, 0.15) is 45.4 Å². The number of carbonyl (C=O) groups is 2. The predicted octanol–water partition coefficient (Wildman–Crippen LogP) is 15.3. The minimum absolute atomic E-state index is 0.0616. The molecule has 0 atom stereocenters. The molecule has 0 aliphatic carbocycles. The van der Waals surface area contributed by atoms with E-state index in [-0.39, 0.29) is 104 Å². The summed E-state index contributed by atoms with van der Waals surface area (Å²) >= 11 is 24.8. The molecule has 140 heavy (non-hydrogen) atoms. The predicted molar refractivity (Wildman–Crippen MR) is 522 cm³/mol. The van der Waals surface area contributed by atoms with Crippen LogP contribution >= 0.6 is 57.7 Å². The van der Waals surface area contributed by atoms with E-state index in [1.807, 2.05) is 25.1 Å². The highest BCUT2D eigenvalue weighted by molar-refractivity contribution is 7.15. The molecule has 8 aromatic heterocycles. The first kappa shape index (κ1) is 100. The standard InChI is InChI=1S/C25H21ClN6O3.C24H21ClN6O5.C23H19ClN6O5.C22H18ClN5O5S/c1-2-13-31-24(33)30-23(32(25(31)34)16-17-3-5-18(26)6-4-17)29-19-7-10-21(11-8-19)35-22-12-9-20(14-27)28-15-22;1-3-30-23(33)29-22(31(24(30)34)14-15-4-6-16(25)7-5-15)28-17-8-10-18(11-9-17)36-20-13-26-19(12-27-20)21(32)35-2;1-2-28-22(31)27-21(29(23(28)32)14-15-3-5-16(24)6-4-15)26-17-7-9-18(10-8-17)35-19-11-12-20(25-13-19)30(33)34;1-2-27-20(31)26-19(28(22(27)32)12-13-3-5-14(23)6-4-13)25-15-7-9-16(10-8-15)33-21-24-11-17(34-21)18(29)30/h3-12,15H,2,13,16H2,1H3,(H,29,30,33);4-13H,3,14H2,1-2H3,(H,28,29,33);3-13H,2,14H2,1H3,(H,26,27,31);3-11H,2,12H2,1H3,(H,29,30)(H,25,26,31). The van der Waals surface area contributed by atoms with Crippen molar-refractivity contribution in [2.45, 2.75) is 86.5 Å². The van der Waals surface area contributed by atoms with E-state index >= 15 is 0 Å². The van der Waals surface area contributed by atoms with E-state index in [9.17, 15) is 58.1 Å². The van der Waals surface area contributed by atoms with Crippen LogP contribution in [0.25, 0.3) is 0 Å². The third-order valence-corrected chi connectivity index (χ3v) is 21.7. The summed E-state index contributed by atoms with van der Waals surface area (Å²) in [7, 11) is 1.26. The van der Waals surface area contributed by atoms with E-state index in [2.05, 4.69) is 70.9 Å². The largest absolute Gasteiger partial charge is 0.477 e. The van der Waals surface area contributed by atoms with Gasteiger partial charge in [-0.2, -0.15) is 25.2 Å². The molecule has 0 fully saturated rings. The van der Waals surface area contributed by atoms with Crippen LogP contribution in [0, 0.1) is 21.4 Å². The number of carbonyl (C=O) groups excluding carboxylic acids is 1. The highest BCUT2D eigenvalue weighted by Gasteiger charge is 2.22. The summed E-state index contributed by atoms with van der Waals surface area (Å²) in [6.45, 7) is 8.61. The average molecular weight is 1990 g/mol. The third-order valence-electron chi connectivity index (χ3n) is 19.8. The van der Waals surface area contributed by atoms with Gasteiger partial charge in [-0.25, -0.2) is 86.1 Å². The molecule has 0 bridgehead atoms. The van der Waals surface area contributed by atoms with Crippen LogP contribution in [-0.2, 0) is 57.1 Å². The Morgan fingerprint density at radius 2 is 0.736 bits per heavy atom. The van der Waals surface area contributed by atoms with E-state index in [1.54, 1.807) is 215 Å². The number of nitrogens with one attached hydrogen (secondary N) is 4. The molecule has 5 N–H and O–H groups in total. The molecule has 712 valence electrons. The Kier molecular flexibility index (Phi) is 33.7. The van der Waals surface area contributed by atoms with E-state index in [4.69, 9.17) is 75.7 Å². The number of anilines is 8. The lowest BCUT2D eigenvalue weighted by atomic mass is 10.2. The van der Waals surface area contributed by atoms with E-state index in [0.29, 0.717) is 89.5 Å². The molecule has 8 heterocycles. The van der Waals surface area contributed by atoms with Crippen molar-refractivity contribution in [3.8, 4) is 51.6 Å². The first-order valence-electron chi connectivity index (χ1n) is 42.1. The molecule has 0 radical (unpaired) electrons. The first-order chi connectivity index (χ1) is 67.5. The quantitative estimate of drug-likeness (QED) is 0.0148. The Morgan fingerprint density at radius 1 is 0.400 bits per heavy atom. The van der Waals surface area contributed by atoms with Crippen molar-refractivity contribution in [3.63, 3.8) is 0 Å². The molecular weight excluding hydrogens is 1910 g/mol. The van der Waals surface area contributed by atoms with Crippen molar-refractivity contribution in [1.82, 2.24) is 81.4 Å². The van der Waals surface area contributed by atoms with Crippen LogP contribution in [-0.4, -0.2) is 110 Å². The van der Waals surface area contributed by atoms with Crippen LogP contribution < -0.4 is 85.7 Å². The second-order valence-corrected chi connectivity index (χ2v) is 32.1. The van der Waals surface area contributed by atoms with Crippen molar-refractivity contribution < 1.29 is 43.3 Å². The molecule has 0 amide bonds. The molecule has 0 saturated heterocycles. The van der Waals surface area contributed by atoms with Gasteiger partial charge in [0.15, 0.2) is 17.6 Å². The van der Waals surface area contributed by atoms with Gasteiger partial charge in [-0.05, 0) is 223 Å². The molecule has 41 nitrogen and oxygen atoms in total. The third kappa shape index (κ3) is 26.6. The number of carboxylic acids is 1. The number of ether oxygens (including phenoxy) is 5. The molecule has 0 unspecified atom stereocenters. The van der Waals surface area contributed by atoms with Gasteiger partial charge in [-0.15, -0.1) is 0 Å². The van der Waals surface area contributed by atoms with Gasteiger partial charge >= 0.3 is 63.3 Å². The Hall–Kier alpha value is -17.4. The fraction of sp³-hybridized carbons (Fsp3) is 0.149. The number of carboxylic acid groups (broad SMARTS) is 1. The SMILES string of the molecule is CCCn1c(=O)nc(Nc2ccc(Oc3ccc(C#N)nc3)cc2)n(Cc2ccc(Cl)cc2)c1=O.CCn1c(=O)nc(Nc2ccc(Oc3ccc([N+](=O)[O-])nc3)cc2)n(Cc2ccc(Cl)cc2)c1=O.CCn1c(=O)nc(Nc2ccc(Oc3cnc(C(=O)OC)cn3)cc2)n(Cc2ccc(Cl)cc2)c1=O.CCn1c(=O)nc(Nc2ccc(Oc3ncc(C(=O)O)s3)cc2)n(Cc2ccc(Cl)cc2)c1=O. The summed E-state index contributed by atoms with van der Waals surface area (Å²) in [6, 6.07) is 63.0. The smallest absolute Gasteiger partial charge is 0.363 e. The molecule has 46 heteroatoms. The zero-order valence-corrected chi connectivity index (χ0v) is 78.2. The summed E-state index contributed by atoms with van der Waals surface area (Å²) in [4.78, 5) is 170. The second kappa shape index (κ2) is 47.2. The molecule has 0 saturated carbocycles. The topological polar surface area (TPSA) is 508 Å². The monoisotopic (exact) mass is 1990 g/mol. The number of nitrogens with zero attached hydrogens (tertiary/aromatic N) is 19. The summed E-state index contributed by atoms with van der Waals surface area (Å²) in [5, 5.41) is 43.2. The maximum atomic E-state index is 13.1. The van der Waals surface area contributed by atoms with E-state index < -0.39 is 62.4 Å². The Bertz CT molecular complexity index is 7690. The van der Waals surface area contributed by atoms with Crippen molar-refractivity contribution in [1.29, 1.82) is 5.26 Å². The number of halogens is 4. The Morgan fingerprint density at radius 3 is 1.03 bits per heavy atom. The number of benzene rings is 8. The lowest BCUT2D eigenvalue weighted by molar-refractivity contribution is -0.389. The number of nitro groups is 1. The molecule has 16 aromatic rings. The number of rotatable bonds is 32. The highest BCUT2D eigenvalue weighted by Crippen LogP contribution is 2.32. The number of thiazole rings is 1. The van der Waals surface area contributed by atoms with E-state index in [0.717, 1.165) is 51.9 Å². The minimum Gasteiger partial charge on any atom is -0.477 e. The van der Waals surface area contributed by atoms with Gasteiger partial charge in [0.25, 0.3) is 5.19 Å². The lowest BCUT2D eigenvalue weighted by Crippen LogP contribution is -2.42. The van der Waals surface area contributed by atoms with Crippen molar-refractivity contribution in [3.05, 3.63) is 402 Å². The van der Waals surface area contributed by atoms with Crippen LogP contribution in [0.3, 0.4) is 0 Å². The van der Waals surface area contributed by atoms with Gasteiger partial charge in [0.2, 0.25) is 29.7 Å². The number of aromatic carboxylic acids is 1. The van der Waals surface area contributed by atoms with Crippen molar-refractivity contribution >= 4 is 122 Å². The first-order valence-corrected chi connectivity index (χ1v) is 44.4. The summed E-state index contributed by atoms with van der Waals surface area (Å²) in [5.41, 5.74) is 1.46. The van der Waals surface area contributed by atoms with Crippen molar-refractivity contribution in [2.24, 2.45) is 0 Å². The van der Waals surface area contributed by atoms with Gasteiger partial charge in [-0.3, -0.25) is 18.3 Å². The fourth-order valence-corrected chi connectivity index (χ4v) is 14.0. The van der Waals surface area contributed by atoms with Crippen LogP contribution in [0.5, 0.6) is 45.6 Å².